The number of piperazine rings is 1. The Morgan fingerprint density at radius 2 is 1.74 bits per heavy atom. The van der Waals surface area contributed by atoms with Crippen LogP contribution in [-0.4, -0.2) is 48.6 Å². The van der Waals surface area contributed by atoms with E-state index in [1.54, 1.807) is 0 Å². The Labute approximate surface area is 244 Å². The van der Waals surface area contributed by atoms with Crippen LogP contribution in [0.15, 0.2) is 66.2 Å². The molecule has 0 unspecified atom stereocenters. The first-order valence-electron chi connectivity index (χ1n) is 14.8. The van der Waals surface area contributed by atoms with E-state index in [1.807, 2.05) is 24.3 Å². The summed E-state index contributed by atoms with van der Waals surface area (Å²) in [5.41, 5.74) is 6.44. The summed E-state index contributed by atoms with van der Waals surface area (Å²) in [5, 5.41) is 7.18. The standard InChI is InChI=1S/C34H36F3N3O2/c1-21-5-2-3-7-24(21)20-40(26-12-13-26)34(41)31-27(17-25-18-38-19-30(31)39-25)23-10-8-22(9-11-23)6-4-16-42-33-29(36)15-14-28(35)32(33)37/h2-3,5,7-11,14-15,25-26,30,38-39H,4,6,12-13,16-20H2,1H3/t25-,30-/m1/s1. The zero-order valence-electron chi connectivity index (χ0n) is 23.8. The van der Waals surface area contributed by atoms with Gasteiger partial charge < -0.3 is 20.3 Å². The number of carbonyl (C=O) groups excluding carboxylic acids is 1. The maximum absolute atomic E-state index is 14.3. The van der Waals surface area contributed by atoms with Gasteiger partial charge in [0.25, 0.3) is 5.91 Å². The minimum atomic E-state index is -1.31. The van der Waals surface area contributed by atoms with E-state index >= 15 is 0 Å². The molecule has 220 valence electrons. The second-order valence-electron chi connectivity index (χ2n) is 11.6. The Kier molecular flexibility index (Phi) is 8.36. The van der Waals surface area contributed by atoms with Crippen LogP contribution in [0, 0.1) is 24.4 Å². The number of benzene rings is 3. The van der Waals surface area contributed by atoms with Crippen LogP contribution in [0.3, 0.4) is 0 Å². The van der Waals surface area contributed by atoms with Crippen molar-refractivity contribution in [3.05, 3.63) is 106 Å². The van der Waals surface area contributed by atoms with E-state index in [9.17, 15) is 18.0 Å². The van der Waals surface area contributed by atoms with Gasteiger partial charge in [-0.05, 0) is 79.0 Å². The summed E-state index contributed by atoms with van der Waals surface area (Å²) in [4.78, 5) is 16.4. The van der Waals surface area contributed by atoms with Crippen LogP contribution in [0.2, 0.25) is 0 Å². The van der Waals surface area contributed by atoms with Crippen molar-refractivity contribution < 1.29 is 22.7 Å². The first-order valence-corrected chi connectivity index (χ1v) is 14.8. The fourth-order valence-electron chi connectivity index (χ4n) is 6.08. The van der Waals surface area contributed by atoms with Crippen molar-refractivity contribution >= 4 is 11.5 Å². The van der Waals surface area contributed by atoms with Gasteiger partial charge >= 0.3 is 0 Å². The molecule has 5 nitrogen and oxygen atoms in total. The molecule has 3 aromatic rings. The maximum Gasteiger partial charge on any atom is 0.252 e. The van der Waals surface area contributed by atoms with Crippen molar-refractivity contribution in [1.82, 2.24) is 15.5 Å². The zero-order chi connectivity index (χ0) is 29.2. The lowest BCUT2D eigenvalue weighted by atomic mass is 9.83. The van der Waals surface area contributed by atoms with Gasteiger partial charge in [0.15, 0.2) is 17.4 Å². The molecule has 1 amide bonds. The number of amides is 1. The number of nitrogens with one attached hydrogen (secondary N) is 2. The van der Waals surface area contributed by atoms with Crippen LogP contribution in [0.1, 0.15) is 47.9 Å². The molecule has 42 heavy (non-hydrogen) atoms. The predicted molar refractivity (Wildman–Crippen MR) is 156 cm³/mol. The molecule has 0 spiro atoms. The summed E-state index contributed by atoms with van der Waals surface area (Å²) in [6.07, 6.45) is 3.99. The number of nitrogens with zero attached hydrogens (tertiary/aromatic N) is 1. The molecule has 2 atom stereocenters. The van der Waals surface area contributed by atoms with E-state index < -0.39 is 23.2 Å². The summed E-state index contributed by atoms with van der Waals surface area (Å²) < 4.78 is 46.3. The number of ether oxygens (including phenoxy) is 1. The van der Waals surface area contributed by atoms with Gasteiger partial charge in [0.05, 0.1) is 12.6 Å². The summed E-state index contributed by atoms with van der Waals surface area (Å²) in [7, 11) is 0. The van der Waals surface area contributed by atoms with Gasteiger partial charge in [0.2, 0.25) is 5.82 Å². The molecule has 2 N–H and O–H groups in total. The molecule has 1 aliphatic carbocycles. The number of aryl methyl sites for hydroxylation is 2. The van der Waals surface area contributed by atoms with Gasteiger partial charge in [-0.2, -0.15) is 4.39 Å². The number of hydrogen-bond donors (Lipinski definition) is 2. The normalized spacial score (nSPS) is 20.0. The number of fused-ring (bicyclic) bond motifs is 2. The van der Waals surface area contributed by atoms with E-state index in [0.717, 1.165) is 60.2 Å². The highest BCUT2D eigenvalue weighted by molar-refractivity contribution is 6.03. The molecule has 2 bridgehead atoms. The van der Waals surface area contributed by atoms with Crippen molar-refractivity contribution in [3.63, 3.8) is 0 Å². The topological polar surface area (TPSA) is 53.6 Å². The largest absolute Gasteiger partial charge is 0.488 e. The van der Waals surface area contributed by atoms with E-state index in [1.165, 1.54) is 11.1 Å². The van der Waals surface area contributed by atoms with Crippen molar-refractivity contribution in [2.24, 2.45) is 0 Å². The van der Waals surface area contributed by atoms with Crippen molar-refractivity contribution in [1.29, 1.82) is 0 Å². The van der Waals surface area contributed by atoms with Crippen LogP contribution in [-0.2, 0) is 17.8 Å². The summed E-state index contributed by atoms with van der Waals surface area (Å²) >= 11 is 0. The van der Waals surface area contributed by atoms with Gasteiger partial charge in [0, 0.05) is 37.3 Å². The quantitative estimate of drug-likeness (QED) is 0.241. The lowest BCUT2D eigenvalue weighted by Gasteiger charge is -2.41. The molecular formula is C34H36F3N3O2. The molecular weight excluding hydrogens is 539 g/mol. The minimum Gasteiger partial charge on any atom is -0.488 e. The molecule has 3 aromatic carbocycles. The fourth-order valence-corrected chi connectivity index (χ4v) is 6.08. The molecule has 0 radical (unpaired) electrons. The number of rotatable bonds is 10. The molecule has 3 aliphatic rings. The molecule has 2 aliphatic heterocycles. The van der Waals surface area contributed by atoms with Gasteiger partial charge in [-0.3, -0.25) is 4.79 Å². The lowest BCUT2D eigenvalue weighted by Crippen LogP contribution is -2.60. The predicted octanol–water partition coefficient (Wildman–Crippen LogP) is 5.70. The highest BCUT2D eigenvalue weighted by atomic mass is 19.2. The molecule has 2 fully saturated rings. The van der Waals surface area contributed by atoms with Gasteiger partial charge in [0.1, 0.15) is 0 Å². The summed E-state index contributed by atoms with van der Waals surface area (Å²) in [6.45, 7) is 4.35. The van der Waals surface area contributed by atoms with E-state index in [2.05, 4.69) is 46.7 Å². The van der Waals surface area contributed by atoms with Crippen molar-refractivity contribution in [2.75, 3.05) is 19.7 Å². The number of hydrogen-bond acceptors (Lipinski definition) is 4. The molecule has 8 heteroatoms. The molecule has 0 aromatic heterocycles. The molecule has 1 saturated heterocycles. The fraction of sp³-hybridized carbons (Fsp3) is 0.382. The lowest BCUT2D eigenvalue weighted by molar-refractivity contribution is -0.128. The van der Waals surface area contributed by atoms with Gasteiger partial charge in [-0.25, -0.2) is 8.78 Å². The second-order valence-corrected chi connectivity index (χ2v) is 11.6. The Morgan fingerprint density at radius 1 is 0.976 bits per heavy atom. The van der Waals surface area contributed by atoms with E-state index in [-0.39, 0.29) is 30.6 Å². The Morgan fingerprint density at radius 3 is 2.50 bits per heavy atom. The van der Waals surface area contributed by atoms with E-state index in [0.29, 0.717) is 25.9 Å². The zero-order valence-corrected chi connectivity index (χ0v) is 23.8. The Balaban J connectivity index is 1.19. The van der Waals surface area contributed by atoms with Gasteiger partial charge in [-0.1, -0.05) is 48.5 Å². The SMILES string of the molecule is Cc1ccccc1CN(C(=O)C1=C(c2ccc(CCCOc3c(F)ccc(F)c3F)cc2)C[C@@H]2CNC[C@H]1N2)C1CC1. The van der Waals surface area contributed by atoms with E-state index in [4.69, 9.17) is 4.74 Å². The third-order valence-electron chi connectivity index (χ3n) is 8.54. The highest BCUT2D eigenvalue weighted by Gasteiger charge is 2.41. The van der Waals surface area contributed by atoms with Crippen LogP contribution < -0.4 is 15.4 Å². The Hall–Kier alpha value is -3.62. The molecule has 2 heterocycles. The Bertz CT molecular complexity index is 1490. The van der Waals surface area contributed by atoms with Crippen LogP contribution in [0.4, 0.5) is 13.2 Å². The first kappa shape index (κ1) is 28.5. The average molecular weight is 576 g/mol. The smallest absolute Gasteiger partial charge is 0.252 e. The summed E-state index contributed by atoms with van der Waals surface area (Å²) in [6, 6.07) is 18.6. The first-order chi connectivity index (χ1) is 20.4. The molecule has 1 saturated carbocycles. The van der Waals surface area contributed by atoms with Crippen LogP contribution >= 0.6 is 0 Å². The second kappa shape index (κ2) is 12.3. The van der Waals surface area contributed by atoms with Crippen molar-refractivity contribution in [3.8, 4) is 5.75 Å². The molecule has 6 rings (SSSR count). The summed E-state index contributed by atoms with van der Waals surface area (Å²) in [5.74, 6) is -3.92. The minimum absolute atomic E-state index is 0.0430. The third-order valence-corrected chi connectivity index (χ3v) is 8.54. The highest BCUT2D eigenvalue weighted by Crippen LogP contribution is 2.36. The van der Waals surface area contributed by atoms with Crippen LogP contribution in [0.5, 0.6) is 5.75 Å². The van der Waals surface area contributed by atoms with Gasteiger partial charge in [-0.15, -0.1) is 0 Å². The maximum atomic E-state index is 14.3. The van der Waals surface area contributed by atoms with Crippen LogP contribution in [0.25, 0.3) is 5.57 Å². The number of halogens is 3. The third kappa shape index (κ3) is 6.10. The average Bonchev–Trinajstić information content (AvgIpc) is 3.84. The number of carbonyl (C=O) groups is 1. The van der Waals surface area contributed by atoms with Crippen molar-refractivity contribution in [2.45, 2.75) is 63.7 Å². The monoisotopic (exact) mass is 575 g/mol.